The summed E-state index contributed by atoms with van der Waals surface area (Å²) in [6, 6.07) is 8.50. The molecule has 0 unspecified atom stereocenters. The zero-order valence-corrected chi connectivity index (χ0v) is 29.6. The molecule has 0 saturated carbocycles. The largest absolute Gasteiger partial charge is 0.507 e. The Morgan fingerprint density at radius 2 is 1.79 bits per heavy atom. The highest BCUT2D eigenvalue weighted by Gasteiger charge is 2.29. The van der Waals surface area contributed by atoms with Gasteiger partial charge in [0.05, 0.1) is 27.6 Å². The van der Waals surface area contributed by atoms with E-state index in [2.05, 4.69) is 58.3 Å². The van der Waals surface area contributed by atoms with Crippen LogP contribution in [0, 0.1) is 5.82 Å². The Bertz CT molecular complexity index is 1880. The molecule has 0 aliphatic carbocycles. The van der Waals surface area contributed by atoms with Crippen molar-refractivity contribution in [3.63, 3.8) is 0 Å². The molecule has 2 aliphatic heterocycles. The summed E-state index contributed by atoms with van der Waals surface area (Å²) >= 11 is 3.46. The van der Waals surface area contributed by atoms with Crippen LogP contribution in [0.5, 0.6) is 5.75 Å². The van der Waals surface area contributed by atoms with E-state index in [4.69, 9.17) is 0 Å². The second kappa shape index (κ2) is 14.5. The molecule has 2 aromatic heterocycles. The van der Waals surface area contributed by atoms with E-state index in [0.29, 0.717) is 51.6 Å². The molecule has 2 aliphatic rings. The number of benzene rings is 2. The maximum Gasteiger partial charge on any atom is 0.236 e. The fourth-order valence-corrected chi connectivity index (χ4v) is 7.81. The van der Waals surface area contributed by atoms with Crippen molar-refractivity contribution < 1.29 is 23.0 Å². The van der Waals surface area contributed by atoms with E-state index in [-0.39, 0.29) is 29.6 Å². The summed E-state index contributed by atoms with van der Waals surface area (Å²) in [7, 11) is -1.50. The van der Waals surface area contributed by atoms with E-state index in [1.165, 1.54) is 24.4 Å². The lowest BCUT2D eigenvalue weighted by Gasteiger charge is -2.43. The van der Waals surface area contributed by atoms with Crippen molar-refractivity contribution in [1.82, 2.24) is 23.7 Å². The quantitative estimate of drug-likeness (QED) is 0.124. The standard InChI is InChI=1S/C33H42BrFN8O4S/c1-40-14-16-41(17-15-40)24-8-11-42(12-9-24)30-22(5-3-4-18-44)19-23(20-27(30)35)37-33-36-21-26(34)32(39-33)38-28-6-7-29(45)25-10-13-43(31(25)28)48(2,46)47/h6-7,10,13,19-21,24,44-45H,3-5,8-9,11-12,14-18H2,1-2H3,(H2,36,37,38,39). The molecule has 4 aromatic rings. The van der Waals surface area contributed by atoms with Crippen LogP contribution in [0.4, 0.5) is 33.2 Å². The lowest BCUT2D eigenvalue weighted by Crippen LogP contribution is -2.52. The number of aliphatic hydroxyl groups excluding tert-OH is 1. The highest BCUT2D eigenvalue weighted by molar-refractivity contribution is 9.10. The maximum absolute atomic E-state index is 16.0. The highest BCUT2D eigenvalue weighted by atomic mass is 79.9. The van der Waals surface area contributed by atoms with E-state index < -0.39 is 10.0 Å². The van der Waals surface area contributed by atoms with Crippen LogP contribution in [-0.2, 0) is 16.4 Å². The molecule has 2 aromatic carbocycles. The number of aromatic hydroxyl groups is 1. The van der Waals surface area contributed by atoms with Crippen molar-refractivity contribution in [3.05, 3.63) is 58.6 Å². The number of unbranched alkanes of at least 4 members (excludes halogenated alkanes) is 1. The minimum Gasteiger partial charge on any atom is -0.507 e. The lowest BCUT2D eigenvalue weighted by molar-refractivity contribution is 0.0981. The number of fused-ring (bicyclic) bond motifs is 1. The van der Waals surface area contributed by atoms with Crippen LogP contribution in [0.15, 0.2) is 47.2 Å². The van der Waals surface area contributed by atoms with Crippen LogP contribution in [0.1, 0.15) is 31.2 Å². The first kappa shape index (κ1) is 34.4. The fourth-order valence-electron chi connectivity index (χ4n) is 6.71. The molecule has 48 heavy (non-hydrogen) atoms. The lowest BCUT2D eigenvalue weighted by atomic mass is 9.98. The summed E-state index contributed by atoms with van der Waals surface area (Å²) in [4.78, 5) is 16.1. The average Bonchev–Trinajstić information content (AvgIpc) is 3.52. The summed E-state index contributed by atoms with van der Waals surface area (Å²) in [6.45, 7) is 5.96. The third-order valence-corrected chi connectivity index (χ3v) is 10.8. The number of rotatable bonds is 11. The van der Waals surface area contributed by atoms with E-state index in [1.54, 1.807) is 12.3 Å². The molecule has 0 radical (unpaired) electrons. The number of anilines is 5. The van der Waals surface area contributed by atoms with Gasteiger partial charge in [0, 0.05) is 75.4 Å². The van der Waals surface area contributed by atoms with E-state index >= 15 is 4.39 Å². The van der Waals surface area contributed by atoms with Crippen LogP contribution < -0.4 is 15.5 Å². The molecule has 0 amide bonds. The monoisotopic (exact) mass is 744 g/mol. The number of hydrogen-bond acceptors (Lipinski definition) is 11. The van der Waals surface area contributed by atoms with Gasteiger partial charge in [-0.25, -0.2) is 21.8 Å². The summed E-state index contributed by atoms with van der Waals surface area (Å²) in [5.74, 6) is 0.169. The number of phenolic OH excluding ortho intramolecular Hbond substituents is 1. The molecule has 0 atom stereocenters. The number of phenols is 1. The van der Waals surface area contributed by atoms with Gasteiger partial charge in [-0.3, -0.25) is 4.90 Å². The molecule has 4 heterocycles. The van der Waals surface area contributed by atoms with E-state index in [1.807, 2.05) is 6.07 Å². The average molecular weight is 746 g/mol. The minimum atomic E-state index is -3.66. The summed E-state index contributed by atoms with van der Waals surface area (Å²) in [5.41, 5.74) is 2.66. The van der Waals surface area contributed by atoms with Crippen molar-refractivity contribution >= 4 is 65.7 Å². The van der Waals surface area contributed by atoms with Crippen molar-refractivity contribution in [2.24, 2.45) is 0 Å². The number of aliphatic hydroxyl groups is 1. The Morgan fingerprint density at radius 3 is 2.50 bits per heavy atom. The fraction of sp³-hybridized carbons (Fsp3) is 0.455. The van der Waals surface area contributed by atoms with Gasteiger partial charge < -0.3 is 30.6 Å². The first-order valence-electron chi connectivity index (χ1n) is 16.2. The molecular formula is C33H42BrFN8O4S. The third kappa shape index (κ3) is 7.54. The van der Waals surface area contributed by atoms with Crippen molar-refractivity contribution in [2.45, 2.75) is 38.1 Å². The van der Waals surface area contributed by atoms with Gasteiger partial charge in [0.1, 0.15) is 17.4 Å². The van der Waals surface area contributed by atoms with Gasteiger partial charge in [-0.15, -0.1) is 0 Å². The number of aryl methyl sites for hydroxylation is 1. The predicted octanol–water partition coefficient (Wildman–Crippen LogP) is 4.86. The Morgan fingerprint density at radius 1 is 1.04 bits per heavy atom. The summed E-state index contributed by atoms with van der Waals surface area (Å²) in [5, 5.41) is 26.5. The normalized spacial score (nSPS) is 16.9. The summed E-state index contributed by atoms with van der Waals surface area (Å²) in [6.07, 6.45) is 7.97. The first-order chi connectivity index (χ1) is 23.0. The second-order valence-electron chi connectivity index (χ2n) is 12.6. The smallest absolute Gasteiger partial charge is 0.236 e. The molecule has 6 rings (SSSR count). The van der Waals surface area contributed by atoms with Gasteiger partial charge in [-0.2, -0.15) is 4.98 Å². The molecule has 0 spiro atoms. The minimum absolute atomic E-state index is 0.0540. The number of aromatic nitrogens is 3. The van der Waals surface area contributed by atoms with Gasteiger partial charge in [0.15, 0.2) is 0 Å². The molecule has 15 heteroatoms. The van der Waals surface area contributed by atoms with Gasteiger partial charge >= 0.3 is 0 Å². The number of likely N-dealkylation sites (N-methyl/N-ethyl adjacent to an activating group) is 1. The van der Waals surface area contributed by atoms with Crippen molar-refractivity contribution in [3.8, 4) is 5.75 Å². The van der Waals surface area contributed by atoms with E-state index in [0.717, 1.165) is 74.3 Å². The van der Waals surface area contributed by atoms with Crippen LogP contribution in [0.3, 0.4) is 0 Å². The van der Waals surface area contributed by atoms with E-state index in [9.17, 15) is 18.6 Å². The zero-order valence-electron chi connectivity index (χ0n) is 27.2. The predicted molar refractivity (Wildman–Crippen MR) is 191 cm³/mol. The SMILES string of the molecule is CN1CCN(C2CCN(c3c(F)cc(Nc4ncc(Br)c(Nc5ccc(O)c6ccn(S(C)(=O)=O)c56)n4)cc3CCCCO)CC2)CC1. The maximum atomic E-state index is 16.0. The number of halogens is 2. The number of piperazine rings is 1. The Labute approximate surface area is 288 Å². The molecule has 12 nitrogen and oxygen atoms in total. The van der Waals surface area contributed by atoms with Crippen molar-refractivity contribution in [1.29, 1.82) is 0 Å². The number of nitrogens with one attached hydrogen (secondary N) is 2. The second-order valence-corrected chi connectivity index (χ2v) is 15.3. The molecule has 0 bridgehead atoms. The summed E-state index contributed by atoms with van der Waals surface area (Å²) < 4.78 is 42.6. The molecule has 258 valence electrons. The molecule has 4 N–H and O–H groups in total. The molecule has 2 saturated heterocycles. The third-order valence-electron chi connectivity index (χ3n) is 9.23. The van der Waals surface area contributed by atoms with Crippen molar-refractivity contribution in [2.75, 3.05) is 74.7 Å². The van der Waals surface area contributed by atoms with Crippen LogP contribution in [-0.4, -0.2) is 108 Å². The van der Waals surface area contributed by atoms with Crippen LogP contribution >= 0.6 is 15.9 Å². The Balaban J connectivity index is 1.23. The Hall–Kier alpha value is -3.50. The zero-order chi connectivity index (χ0) is 34.0. The van der Waals surface area contributed by atoms with Gasteiger partial charge in [-0.05, 0) is 91.0 Å². The molecular weight excluding hydrogens is 703 g/mol. The topological polar surface area (TPSA) is 139 Å². The number of piperidine rings is 1. The number of nitrogens with zero attached hydrogens (tertiary/aromatic N) is 6. The van der Waals surface area contributed by atoms with Gasteiger partial charge in [-0.1, -0.05) is 0 Å². The first-order valence-corrected chi connectivity index (χ1v) is 18.9. The van der Waals surface area contributed by atoms with Gasteiger partial charge in [0.25, 0.3) is 0 Å². The van der Waals surface area contributed by atoms with Gasteiger partial charge in [0.2, 0.25) is 16.0 Å². The highest BCUT2D eigenvalue weighted by Crippen LogP contribution is 2.37. The van der Waals surface area contributed by atoms with Crippen LogP contribution in [0.25, 0.3) is 10.9 Å². The number of hydrogen-bond donors (Lipinski definition) is 4. The van der Waals surface area contributed by atoms with Crippen LogP contribution in [0.2, 0.25) is 0 Å². The Kier molecular flexibility index (Phi) is 10.4. The molecule has 2 fully saturated rings.